The molecule has 3 aromatic rings. The molecule has 4 heterocycles. The number of hydrogen-bond donors (Lipinski definition) is 3. The Balaban J connectivity index is 1.19. The fraction of sp³-hybridized carbons (Fsp3) is 0.484. The molecule has 2 aromatic carbocycles. The van der Waals surface area contributed by atoms with Gasteiger partial charge in [-0.3, -0.25) is 0 Å². The van der Waals surface area contributed by atoms with Crippen LogP contribution in [0.15, 0.2) is 48.5 Å². The van der Waals surface area contributed by atoms with E-state index in [4.69, 9.17) is 24.4 Å². The zero-order chi connectivity index (χ0) is 29.3. The van der Waals surface area contributed by atoms with E-state index in [0.717, 1.165) is 30.5 Å². The minimum absolute atomic E-state index is 0.158. The van der Waals surface area contributed by atoms with Crippen molar-refractivity contribution in [2.24, 2.45) is 0 Å². The molecule has 3 atom stereocenters. The maximum absolute atomic E-state index is 12.7. The molecule has 2 bridgehead atoms. The standard InChI is InChI=1S/C31H39N7O4/c1-20-17-41-15-14-37(20)28-34-27(35-29(36-28)38-25-12-13-26(38)19-42-18-25)22-6-10-24(11-7-22)33-30(39)32-23-8-4-21(5-9-23)16-31(2,3)40/h4-11,20,25-26,40H,12-19H2,1-3H3,(H2,32,33,39)/t20-,25?,26?/m1/s1. The normalized spacial score (nSPS) is 22.2. The average molecular weight is 574 g/mol. The van der Waals surface area contributed by atoms with Gasteiger partial charge in [-0.15, -0.1) is 0 Å². The van der Waals surface area contributed by atoms with E-state index in [1.54, 1.807) is 13.8 Å². The molecule has 2 amide bonds. The van der Waals surface area contributed by atoms with Crippen LogP contribution in [0, 0.1) is 0 Å². The summed E-state index contributed by atoms with van der Waals surface area (Å²) in [6.07, 6.45) is 2.68. The Labute approximate surface area is 246 Å². The molecule has 0 radical (unpaired) electrons. The van der Waals surface area contributed by atoms with Gasteiger partial charge in [0.1, 0.15) is 0 Å². The molecule has 3 N–H and O–H groups in total. The van der Waals surface area contributed by atoms with Crippen LogP contribution in [-0.4, -0.2) is 82.8 Å². The number of morpholine rings is 2. The number of aromatic nitrogens is 3. The summed E-state index contributed by atoms with van der Waals surface area (Å²) in [5.74, 6) is 1.95. The van der Waals surface area contributed by atoms with Crippen molar-refractivity contribution in [3.63, 3.8) is 0 Å². The molecule has 42 heavy (non-hydrogen) atoms. The van der Waals surface area contributed by atoms with Crippen molar-refractivity contribution in [2.75, 3.05) is 53.4 Å². The number of nitrogens with zero attached hydrogens (tertiary/aromatic N) is 5. The van der Waals surface area contributed by atoms with Gasteiger partial charge in [0.05, 0.1) is 50.2 Å². The Bertz CT molecular complexity index is 1380. The summed E-state index contributed by atoms with van der Waals surface area (Å²) < 4.78 is 11.5. The van der Waals surface area contributed by atoms with Crippen molar-refractivity contribution in [1.82, 2.24) is 15.0 Å². The Morgan fingerprint density at radius 3 is 2.14 bits per heavy atom. The smallest absolute Gasteiger partial charge is 0.323 e. The number of nitrogens with one attached hydrogen (secondary N) is 2. The van der Waals surface area contributed by atoms with Crippen LogP contribution in [0.4, 0.5) is 28.1 Å². The van der Waals surface area contributed by atoms with E-state index in [1.165, 1.54) is 0 Å². The third-order valence-corrected chi connectivity index (χ3v) is 7.96. The van der Waals surface area contributed by atoms with Gasteiger partial charge in [0, 0.05) is 29.9 Å². The van der Waals surface area contributed by atoms with Crippen molar-refractivity contribution in [3.8, 4) is 11.4 Å². The molecule has 0 spiro atoms. The lowest BCUT2D eigenvalue weighted by Gasteiger charge is -2.36. The van der Waals surface area contributed by atoms with Crippen molar-refractivity contribution in [1.29, 1.82) is 0 Å². The van der Waals surface area contributed by atoms with E-state index in [-0.39, 0.29) is 24.2 Å². The topological polar surface area (TPSA) is 125 Å². The maximum atomic E-state index is 12.7. The number of ether oxygens (including phenoxy) is 2. The Morgan fingerprint density at radius 2 is 1.52 bits per heavy atom. The zero-order valence-electron chi connectivity index (χ0n) is 24.4. The van der Waals surface area contributed by atoms with Crippen molar-refractivity contribution < 1.29 is 19.4 Å². The molecule has 3 aliphatic heterocycles. The molecule has 6 rings (SSSR count). The van der Waals surface area contributed by atoms with Crippen LogP contribution in [-0.2, 0) is 15.9 Å². The lowest BCUT2D eigenvalue weighted by atomic mass is 9.99. The number of carbonyl (C=O) groups is 1. The highest BCUT2D eigenvalue weighted by atomic mass is 16.5. The highest BCUT2D eigenvalue weighted by Crippen LogP contribution is 2.34. The predicted octanol–water partition coefficient (Wildman–Crippen LogP) is 4.09. The first-order valence-corrected chi connectivity index (χ1v) is 14.7. The number of carbonyl (C=O) groups excluding carboxylic acids is 1. The van der Waals surface area contributed by atoms with Gasteiger partial charge in [-0.05, 0) is 75.6 Å². The second-order valence-electron chi connectivity index (χ2n) is 12.0. The fourth-order valence-corrected chi connectivity index (χ4v) is 5.91. The molecular formula is C31H39N7O4. The summed E-state index contributed by atoms with van der Waals surface area (Å²) in [6.45, 7) is 9.03. The highest BCUT2D eigenvalue weighted by molar-refractivity contribution is 5.99. The molecular weight excluding hydrogens is 534 g/mol. The molecule has 3 fully saturated rings. The minimum atomic E-state index is -0.786. The molecule has 11 heteroatoms. The van der Waals surface area contributed by atoms with Gasteiger partial charge in [0.15, 0.2) is 5.82 Å². The number of urea groups is 1. The maximum Gasteiger partial charge on any atom is 0.323 e. The van der Waals surface area contributed by atoms with Crippen molar-refractivity contribution >= 4 is 29.3 Å². The predicted molar refractivity (Wildman–Crippen MR) is 162 cm³/mol. The van der Waals surface area contributed by atoms with Crippen LogP contribution in [0.1, 0.15) is 39.2 Å². The third kappa shape index (κ3) is 6.48. The van der Waals surface area contributed by atoms with Gasteiger partial charge >= 0.3 is 6.03 Å². The number of fused-ring (bicyclic) bond motifs is 2. The van der Waals surface area contributed by atoms with E-state index >= 15 is 0 Å². The molecule has 3 saturated heterocycles. The number of amides is 2. The number of benzene rings is 2. The number of rotatable bonds is 7. The largest absolute Gasteiger partial charge is 0.390 e. The second-order valence-corrected chi connectivity index (χ2v) is 12.0. The number of anilines is 4. The van der Waals surface area contributed by atoms with Gasteiger partial charge in [0.2, 0.25) is 11.9 Å². The van der Waals surface area contributed by atoms with Crippen molar-refractivity contribution in [2.45, 2.75) is 63.8 Å². The van der Waals surface area contributed by atoms with Gasteiger partial charge in [0.25, 0.3) is 0 Å². The first-order chi connectivity index (χ1) is 20.2. The van der Waals surface area contributed by atoms with Crippen LogP contribution in [0.3, 0.4) is 0 Å². The SMILES string of the molecule is C[C@@H]1COCCN1c1nc(-c2ccc(NC(=O)Nc3ccc(CC(C)(C)O)cc3)cc2)nc(N2C3CCC2COC3)n1. The molecule has 11 nitrogen and oxygen atoms in total. The summed E-state index contributed by atoms with van der Waals surface area (Å²) in [4.78, 5) is 32.0. The van der Waals surface area contributed by atoms with Crippen LogP contribution >= 0.6 is 0 Å². The Hall–Kier alpha value is -3.80. The summed E-state index contributed by atoms with van der Waals surface area (Å²) in [7, 11) is 0. The van der Waals surface area contributed by atoms with E-state index in [1.807, 2.05) is 48.5 Å². The van der Waals surface area contributed by atoms with Crippen LogP contribution in [0.5, 0.6) is 0 Å². The fourth-order valence-electron chi connectivity index (χ4n) is 5.91. The van der Waals surface area contributed by atoms with E-state index < -0.39 is 5.60 Å². The number of hydrogen-bond acceptors (Lipinski definition) is 9. The molecule has 0 aliphatic carbocycles. The van der Waals surface area contributed by atoms with Gasteiger partial charge in [-0.1, -0.05) is 12.1 Å². The van der Waals surface area contributed by atoms with Crippen LogP contribution in [0.2, 0.25) is 0 Å². The third-order valence-electron chi connectivity index (χ3n) is 7.96. The Kier molecular flexibility index (Phi) is 7.98. The number of aliphatic hydroxyl groups is 1. The summed E-state index contributed by atoms with van der Waals surface area (Å²) in [5, 5.41) is 15.8. The zero-order valence-corrected chi connectivity index (χ0v) is 24.4. The summed E-state index contributed by atoms with van der Waals surface area (Å²) in [5.41, 5.74) is 2.37. The summed E-state index contributed by atoms with van der Waals surface area (Å²) in [6, 6.07) is 15.4. The van der Waals surface area contributed by atoms with E-state index in [2.05, 4.69) is 27.4 Å². The first kappa shape index (κ1) is 28.3. The average Bonchev–Trinajstić information content (AvgIpc) is 3.21. The lowest BCUT2D eigenvalue weighted by molar-refractivity contribution is 0.0810. The lowest BCUT2D eigenvalue weighted by Crippen LogP contribution is -2.48. The van der Waals surface area contributed by atoms with Gasteiger partial charge in [-0.2, -0.15) is 15.0 Å². The molecule has 2 unspecified atom stereocenters. The van der Waals surface area contributed by atoms with Gasteiger partial charge in [-0.25, -0.2) is 4.79 Å². The molecule has 3 aliphatic rings. The van der Waals surface area contributed by atoms with Gasteiger partial charge < -0.3 is 35.0 Å². The monoisotopic (exact) mass is 573 g/mol. The molecule has 222 valence electrons. The summed E-state index contributed by atoms with van der Waals surface area (Å²) >= 11 is 0. The minimum Gasteiger partial charge on any atom is -0.390 e. The van der Waals surface area contributed by atoms with Crippen molar-refractivity contribution in [3.05, 3.63) is 54.1 Å². The quantitative estimate of drug-likeness (QED) is 0.383. The first-order valence-electron chi connectivity index (χ1n) is 14.7. The van der Waals surface area contributed by atoms with E-state index in [0.29, 0.717) is 61.9 Å². The second kappa shape index (κ2) is 11.8. The van der Waals surface area contributed by atoms with Crippen LogP contribution < -0.4 is 20.4 Å². The Morgan fingerprint density at radius 1 is 0.905 bits per heavy atom. The molecule has 0 saturated carbocycles. The van der Waals surface area contributed by atoms with Crippen LogP contribution in [0.25, 0.3) is 11.4 Å². The van der Waals surface area contributed by atoms with E-state index in [9.17, 15) is 9.90 Å². The highest BCUT2D eigenvalue weighted by Gasteiger charge is 2.39. The molecule has 1 aromatic heterocycles.